The van der Waals surface area contributed by atoms with Crippen LogP contribution in [0, 0.1) is 6.92 Å². The number of sulfonamides is 1. The largest absolute Gasteiger partial charge is 0.368 e. The minimum absolute atomic E-state index is 0.0596. The van der Waals surface area contributed by atoms with Crippen LogP contribution in [0.4, 0.5) is 5.69 Å². The van der Waals surface area contributed by atoms with Crippen LogP contribution in [0.2, 0.25) is 0 Å². The van der Waals surface area contributed by atoms with E-state index in [4.69, 9.17) is 9.88 Å². The molecule has 1 amide bonds. The monoisotopic (exact) mass is 298 g/mol. The molecule has 1 aliphatic heterocycles. The van der Waals surface area contributed by atoms with Gasteiger partial charge in [0.2, 0.25) is 10.0 Å². The van der Waals surface area contributed by atoms with Gasteiger partial charge in [-0.1, -0.05) is 0 Å². The van der Waals surface area contributed by atoms with E-state index in [1.165, 1.54) is 12.1 Å². The molecule has 0 radical (unpaired) electrons. The second-order valence-corrected chi connectivity index (χ2v) is 6.40. The first-order valence-electron chi connectivity index (χ1n) is 6.44. The van der Waals surface area contributed by atoms with Gasteiger partial charge in [0.15, 0.2) is 0 Å². The third-order valence-corrected chi connectivity index (χ3v) is 4.29. The molecule has 1 saturated heterocycles. The maximum atomic E-state index is 12.0. The van der Waals surface area contributed by atoms with E-state index in [-0.39, 0.29) is 10.8 Å². The third-order valence-electron chi connectivity index (χ3n) is 3.22. The average Bonchev–Trinajstić information content (AvgIpc) is 2.38. The fourth-order valence-electron chi connectivity index (χ4n) is 2.22. The van der Waals surface area contributed by atoms with Gasteiger partial charge in [0.25, 0.3) is 5.91 Å². The molecule has 1 fully saturated rings. The fraction of sp³-hybridized carbons (Fsp3) is 0.462. The van der Waals surface area contributed by atoms with Crippen molar-refractivity contribution < 1.29 is 17.9 Å². The predicted octanol–water partition coefficient (Wildman–Crippen LogP) is 1.15. The SMILES string of the molecule is Cc1cc(NC(=O)C2CCCCO2)ccc1S(N)(=O)=O. The summed E-state index contributed by atoms with van der Waals surface area (Å²) in [5.74, 6) is -0.201. The molecule has 1 aliphatic rings. The summed E-state index contributed by atoms with van der Waals surface area (Å²) in [6.45, 7) is 2.23. The number of aryl methyl sites for hydroxylation is 1. The molecule has 6 nitrogen and oxygen atoms in total. The van der Waals surface area contributed by atoms with Crippen LogP contribution in [0.5, 0.6) is 0 Å². The first kappa shape index (κ1) is 15.0. The van der Waals surface area contributed by atoms with Crippen LogP contribution in [0.15, 0.2) is 23.1 Å². The number of hydrogen-bond donors (Lipinski definition) is 2. The molecule has 0 aliphatic carbocycles. The van der Waals surface area contributed by atoms with Crippen LogP contribution in [-0.4, -0.2) is 27.0 Å². The molecule has 2 rings (SSSR count). The van der Waals surface area contributed by atoms with E-state index in [0.29, 0.717) is 24.3 Å². The molecule has 1 aromatic carbocycles. The maximum absolute atomic E-state index is 12.0. The molecular formula is C13H18N2O4S. The number of ether oxygens (including phenoxy) is 1. The Kier molecular flexibility index (Phi) is 4.42. The van der Waals surface area contributed by atoms with E-state index < -0.39 is 16.1 Å². The summed E-state index contributed by atoms with van der Waals surface area (Å²) in [6, 6.07) is 4.50. The molecule has 0 saturated carbocycles. The van der Waals surface area contributed by atoms with Gasteiger partial charge in [0, 0.05) is 12.3 Å². The van der Waals surface area contributed by atoms with Crippen LogP contribution >= 0.6 is 0 Å². The second kappa shape index (κ2) is 5.90. The summed E-state index contributed by atoms with van der Waals surface area (Å²) in [7, 11) is -3.74. The van der Waals surface area contributed by atoms with Crippen molar-refractivity contribution >= 4 is 21.6 Å². The quantitative estimate of drug-likeness (QED) is 0.874. The molecule has 7 heteroatoms. The molecule has 110 valence electrons. The number of rotatable bonds is 3. The zero-order valence-electron chi connectivity index (χ0n) is 11.3. The minimum atomic E-state index is -3.74. The number of nitrogens with one attached hydrogen (secondary N) is 1. The average molecular weight is 298 g/mol. The number of hydrogen-bond acceptors (Lipinski definition) is 4. The lowest BCUT2D eigenvalue weighted by Gasteiger charge is -2.21. The van der Waals surface area contributed by atoms with Crippen molar-refractivity contribution in [2.24, 2.45) is 5.14 Å². The molecule has 0 aromatic heterocycles. The molecule has 0 spiro atoms. The molecule has 1 unspecified atom stereocenters. The summed E-state index contributed by atoms with van der Waals surface area (Å²) < 4.78 is 28.0. The molecule has 1 heterocycles. The van der Waals surface area contributed by atoms with Gasteiger partial charge in [0.05, 0.1) is 4.90 Å². The summed E-state index contributed by atoms with van der Waals surface area (Å²) in [4.78, 5) is 12.0. The molecular weight excluding hydrogens is 280 g/mol. The lowest BCUT2D eigenvalue weighted by atomic mass is 10.1. The normalized spacial score (nSPS) is 19.6. The zero-order valence-corrected chi connectivity index (χ0v) is 12.1. The van der Waals surface area contributed by atoms with Crippen LogP contribution in [0.25, 0.3) is 0 Å². The fourth-order valence-corrected chi connectivity index (χ4v) is 2.98. The topological polar surface area (TPSA) is 98.5 Å². The highest BCUT2D eigenvalue weighted by Gasteiger charge is 2.22. The smallest absolute Gasteiger partial charge is 0.253 e. The van der Waals surface area contributed by atoms with Crippen molar-refractivity contribution in [3.8, 4) is 0 Å². The van der Waals surface area contributed by atoms with Crippen LogP contribution in [-0.2, 0) is 19.6 Å². The van der Waals surface area contributed by atoms with Crippen LogP contribution in [0.1, 0.15) is 24.8 Å². The van der Waals surface area contributed by atoms with Gasteiger partial charge in [-0.15, -0.1) is 0 Å². The second-order valence-electron chi connectivity index (χ2n) is 4.87. The van der Waals surface area contributed by atoms with Crippen LogP contribution in [0.3, 0.4) is 0 Å². The predicted molar refractivity (Wildman–Crippen MR) is 74.8 cm³/mol. The van der Waals surface area contributed by atoms with Gasteiger partial charge < -0.3 is 10.1 Å². The Morgan fingerprint density at radius 2 is 2.15 bits per heavy atom. The Hall–Kier alpha value is -1.44. The lowest BCUT2D eigenvalue weighted by molar-refractivity contribution is -0.129. The highest BCUT2D eigenvalue weighted by molar-refractivity contribution is 7.89. The minimum Gasteiger partial charge on any atom is -0.368 e. The van der Waals surface area contributed by atoms with E-state index in [9.17, 15) is 13.2 Å². The molecule has 20 heavy (non-hydrogen) atoms. The number of anilines is 1. The Labute approximate surface area is 118 Å². The lowest BCUT2D eigenvalue weighted by Crippen LogP contribution is -2.33. The Morgan fingerprint density at radius 1 is 1.40 bits per heavy atom. The zero-order chi connectivity index (χ0) is 14.8. The molecule has 1 aromatic rings. The molecule has 1 atom stereocenters. The van der Waals surface area contributed by atoms with Crippen molar-refractivity contribution in [2.75, 3.05) is 11.9 Å². The van der Waals surface area contributed by atoms with Crippen molar-refractivity contribution in [3.05, 3.63) is 23.8 Å². The Balaban J connectivity index is 2.10. The van der Waals surface area contributed by atoms with E-state index in [2.05, 4.69) is 5.32 Å². The Bertz CT molecular complexity index is 607. The summed E-state index contributed by atoms with van der Waals surface area (Å²) in [6.07, 6.45) is 2.23. The number of carbonyl (C=O) groups is 1. The van der Waals surface area contributed by atoms with E-state index in [1.54, 1.807) is 13.0 Å². The van der Waals surface area contributed by atoms with Crippen molar-refractivity contribution in [3.63, 3.8) is 0 Å². The van der Waals surface area contributed by atoms with Gasteiger partial charge in [-0.2, -0.15) is 0 Å². The number of primary sulfonamides is 1. The van der Waals surface area contributed by atoms with Gasteiger partial charge >= 0.3 is 0 Å². The third kappa shape index (κ3) is 3.56. The van der Waals surface area contributed by atoms with Gasteiger partial charge in [-0.25, -0.2) is 13.6 Å². The highest BCUT2D eigenvalue weighted by atomic mass is 32.2. The number of nitrogens with two attached hydrogens (primary N) is 1. The van der Waals surface area contributed by atoms with E-state index >= 15 is 0 Å². The number of benzene rings is 1. The van der Waals surface area contributed by atoms with Gasteiger partial charge in [0.1, 0.15) is 6.10 Å². The highest BCUT2D eigenvalue weighted by Crippen LogP contribution is 2.20. The first-order valence-corrected chi connectivity index (χ1v) is 7.98. The maximum Gasteiger partial charge on any atom is 0.253 e. The van der Waals surface area contributed by atoms with Crippen molar-refractivity contribution in [1.29, 1.82) is 0 Å². The summed E-state index contributed by atoms with van der Waals surface area (Å²) in [5.41, 5.74) is 1.03. The van der Waals surface area contributed by atoms with Crippen molar-refractivity contribution in [2.45, 2.75) is 37.2 Å². The van der Waals surface area contributed by atoms with Crippen LogP contribution < -0.4 is 10.5 Å². The van der Waals surface area contributed by atoms with E-state index in [1.807, 2.05) is 0 Å². The van der Waals surface area contributed by atoms with Gasteiger partial charge in [-0.05, 0) is 49.9 Å². The van der Waals surface area contributed by atoms with Gasteiger partial charge in [-0.3, -0.25) is 4.79 Å². The summed E-state index contributed by atoms with van der Waals surface area (Å²) >= 11 is 0. The Morgan fingerprint density at radius 3 is 2.70 bits per heavy atom. The van der Waals surface area contributed by atoms with E-state index in [0.717, 1.165) is 12.8 Å². The summed E-state index contributed by atoms with van der Waals surface area (Å²) in [5, 5.41) is 7.82. The first-order chi connectivity index (χ1) is 9.38. The van der Waals surface area contributed by atoms with Crippen molar-refractivity contribution in [1.82, 2.24) is 0 Å². The standard InChI is InChI=1S/C13H18N2O4S/c1-9-8-10(5-6-12(9)20(14,17)18)15-13(16)11-4-2-3-7-19-11/h5-6,8,11H,2-4,7H2,1H3,(H,15,16)(H2,14,17,18). The molecule has 3 N–H and O–H groups in total. The number of carbonyl (C=O) groups excluding carboxylic acids is 1. The number of amides is 1. The molecule has 0 bridgehead atoms.